The molecule has 1 aliphatic heterocycles. The van der Waals surface area contributed by atoms with E-state index in [1.165, 1.54) is 41.8 Å². The van der Waals surface area contributed by atoms with Crippen LogP contribution in [0.4, 0.5) is 26.3 Å². The highest BCUT2D eigenvalue weighted by molar-refractivity contribution is 6.62. The van der Waals surface area contributed by atoms with Crippen LogP contribution in [-0.2, 0) is 15.5 Å². The first-order chi connectivity index (χ1) is 19.5. The molecule has 220 valence electrons. The van der Waals surface area contributed by atoms with Gasteiger partial charge in [0, 0.05) is 17.7 Å². The van der Waals surface area contributed by atoms with Gasteiger partial charge in [0.2, 0.25) is 0 Å². The van der Waals surface area contributed by atoms with Gasteiger partial charge >= 0.3 is 13.3 Å². The number of nitrogens with zero attached hydrogens (tertiary/aromatic N) is 2. The average molecular weight is 590 g/mol. The molecule has 1 aromatic heterocycles. The lowest BCUT2D eigenvalue weighted by Crippen LogP contribution is -2.41. The van der Waals surface area contributed by atoms with E-state index < -0.39 is 70.4 Å². The Hall–Kier alpha value is -3.84. The molecule has 0 spiro atoms. The Kier molecular flexibility index (Phi) is 7.17. The number of ether oxygens (including phenoxy) is 1. The van der Waals surface area contributed by atoms with Crippen molar-refractivity contribution in [2.45, 2.75) is 58.0 Å². The van der Waals surface area contributed by atoms with E-state index in [9.17, 15) is 31.1 Å². The summed E-state index contributed by atoms with van der Waals surface area (Å²) in [5.41, 5.74) is -4.21. The summed E-state index contributed by atoms with van der Waals surface area (Å²) in [5.74, 6) is -4.03. The molecule has 6 nitrogen and oxygen atoms in total. The molecular weight excluding hydrogens is 565 g/mol. The van der Waals surface area contributed by atoms with Crippen molar-refractivity contribution >= 4 is 23.5 Å². The highest BCUT2D eigenvalue weighted by Gasteiger charge is 2.54. The molecule has 3 aromatic carbocycles. The van der Waals surface area contributed by atoms with Crippen LogP contribution in [0.15, 0.2) is 59.7 Å². The van der Waals surface area contributed by atoms with Crippen LogP contribution < -0.4 is 15.8 Å². The van der Waals surface area contributed by atoms with Crippen molar-refractivity contribution in [3.05, 3.63) is 93.8 Å². The van der Waals surface area contributed by atoms with E-state index in [4.69, 9.17) is 14.0 Å². The fourth-order valence-electron chi connectivity index (χ4n) is 4.85. The maximum atomic E-state index is 14.5. The number of fused-ring (bicyclic) bond motifs is 1. The SMILES string of the molecule is C[C@H](c1c(F)cc(F)cc1F)n1cnc(=O)c2cc(Oc3cccc(B4OC(C)(C)C(C)(C)O4)c3C(F)(F)F)ccc21. The minimum absolute atomic E-state index is 0.0829. The van der Waals surface area contributed by atoms with Gasteiger partial charge in [-0.3, -0.25) is 4.79 Å². The number of aromatic nitrogens is 2. The van der Waals surface area contributed by atoms with Gasteiger partial charge in [0.25, 0.3) is 5.56 Å². The summed E-state index contributed by atoms with van der Waals surface area (Å²) in [6, 6.07) is 7.60. The molecule has 13 heteroatoms. The van der Waals surface area contributed by atoms with E-state index in [2.05, 4.69) is 4.98 Å². The van der Waals surface area contributed by atoms with Gasteiger partial charge in [-0.05, 0) is 64.3 Å². The van der Waals surface area contributed by atoms with Gasteiger partial charge in [-0.25, -0.2) is 13.2 Å². The molecule has 0 bridgehead atoms. The fourth-order valence-corrected chi connectivity index (χ4v) is 4.85. The van der Waals surface area contributed by atoms with Gasteiger partial charge < -0.3 is 18.6 Å². The van der Waals surface area contributed by atoms with Crippen LogP contribution in [0.2, 0.25) is 0 Å². The van der Waals surface area contributed by atoms with E-state index in [1.807, 2.05) is 0 Å². The van der Waals surface area contributed by atoms with Crippen molar-refractivity contribution in [3.8, 4) is 11.5 Å². The molecule has 2 heterocycles. The van der Waals surface area contributed by atoms with Crippen molar-refractivity contribution in [1.29, 1.82) is 0 Å². The maximum Gasteiger partial charge on any atom is 0.495 e. The van der Waals surface area contributed by atoms with Crippen molar-refractivity contribution in [1.82, 2.24) is 9.55 Å². The van der Waals surface area contributed by atoms with E-state index in [-0.39, 0.29) is 22.1 Å². The quantitative estimate of drug-likeness (QED) is 0.195. The Morgan fingerprint density at radius 3 is 2.17 bits per heavy atom. The standard InChI is InChI=1S/C29H25BF6N2O4/c1-15(24-20(32)11-16(31)12-21(24)33)38-14-37-26(39)18-13-17(9-10-22(18)38)40-23-8-6-7-19(25(23)29(34,35)36)30-41-27(2,3)28(4,5)42-30/h6-15H,1-5H3/t15-/m1/s1. The number of alkyl halides is 3. The monoisotopic (exact) mass is 590 g/mol. The molecule has 0 radical (unpaired) electrons. The van der Waals surface area contributed by atoms with Crippen LogP contribution in [-0.4, -0.2) is 27.9 Å². The third-order valence-electron chi connectivity index (χ3n) is 7.73. The maximum absolute atomic E-state index is 14.5. The normalized spacial score (nSPS) is 17.1. The van der Waals surface area contributed by atoms with Crippen molar-refractivity contribution in [2.75, 3.05) is 0 Å². The predicted molar refractivity (Wildman–Crippen MR) is 143 cm³/mol. The van der Waals surface area contributed by atoms with Crippen LogP contribution >= 0.6 is 0 Å². The average Bonchev–Trinajstić information content (AvgIpc) is 3.09. The lowest BCUT2D eigenvalue weighted by molar-refractivity contribution is -0.137. The first-order valence-electron chi connectivity index (χ1n) is 12.9. The molecule has 0 N–H and O–H groups in total. The smallest absolute Gasteiger partial charge is 0.457 e. The molecule has 5 rings (SSSR count). The molecule has 0 unspecified atom stereocenters. The molecular formula is C29H25BF6N2O4. The zero-order chi connectivity index (χ0) is 30.8. The van der Waals surface area contributed by atoms with Gasteiger partial charge in [-0.1, -0.05) is 12.1 Å². The molecule has 42 heavy (non-hydrogen) atoms. The summed E-state index contributed by atoms with van der Waals surface area (Å²) in [5, 5.41) is -0.0829. The zero-order valence-corrected chi connectivity index (χ0v) is 23.1. The largest absolute Gasteiger partial charge is 0.495 e. The third kappa shape index (κ3) is 5.15. The zero-order valence-electron chi connectivity index (χ0n) is 23.1. The van der Waals surface area contributed by atoms with Crippen molar-refractivity contribution in [3.63, 3.8) is 0 Å². The molecule has 1 aliphatic rings. The molecule has 0 amide bonds. The van der Waals surface area contributed by atoms with Gasteiger partial charge in [-0.15, -0.1) is 0 Å². The fraction of sp³-hybridized carbons (Fsp3) is 0.310. The van der Waals surface area contributed by atoms with Crippen LogP contribution in [0.25, 0.3) is 10.9 Å². The second kappa shape index (κ2) is 10.2. The molecule has 0 aliphatic carbocycles. The molecule has 1 saturated heterocycles. The summed E-state index contributed by atoms with van der Waals surface area (Å²) < 4.78 is 104. The number of hydrogen-bond acceptors (Lipinski definition) is 5. The van der Waals surface area contributed by atoms with Crippen LogP contribution in [0, 0.1) is 17.5 Å². The Bertz CT molecular complexity index is 1720. The van der Waals surface area contributed by atoms with Gasteiger partial charge in [0.15, 0.2) is 0 Å². The number of rotatable bonds is 5. The van der Waals surface area contributed by atoms with Crippen LogP contribution in [0.1, 0.15) is 51.8 Å². The number of halogens is 6. The van der Waals surface area contributed by atoms with Gasteiger partial charge in [0.1, 0.15) is 29.0 Å². The lowest BCUT2D eigenvalue weighted by atomic mass is 9.75. The highest BCUT2D eigenvalue weighted by atomic mass is 19.4. The minimum atomic E-state index is -4.86. The van der Waals surface area contributed by atoms with E-state index >= 15 is 0 Å². The minimum Gasteiger partial charge on any atom is -0.457 e. The Morgan fingerprint density at radius 2 is 1.57 bits per heavy atom. The van der Waals surface area contributed by atoms with Crippen LogP contribution in [0.5, 0.6) is 11.5 Å². The summed E-state index contributed by atoms with van der Waals surface area (Å²) >= 11 is 0. The second-order valence-corrected chi connectivity index (χ2v) is 11.0. The molecule has 4 aromatic rings. The van der Waals surface area contributed by atoms with Gasteiger partial charge in [0.05, 0.1) is 40.0 Å². The Morgan fingerprint density at radius 1 is 0.952 bits per heavy atom. The lowest BCUT2D eigenvalue weighted by Gasteiger charge is -2.32. The number of benzene rings is 3. The predicted octanol–water partition coefficient (Wildman–Crippen LogP) is 6.53. The van der Waals surface area contributed by atoms with Gasteiger partial charge in [-0.2, -0.15) is 18.2 Å². The molecule has 1 fully saturated rings. The van der Waals surface area contributed by atoms with Crippen molar-refractivity contribution in [2.24, 2.45) is 0 Å². The van der Waals surface area contributed by atoms with E-state index in [1.54, 1.807) is 27.7 Å². The topological polar surface area (TPSA) is 62.6 Å². The highest BCUT2D eigenvalue weighted by Crippen LogP contribution is 2.41. The summed E-state index contributed by atoms with van der Waals surface area (Å²) in [6.07, 6.45) is -3.78. The summed E-state index contributed by atoms with van der Waals surface area (Å²) in [7, 11) is -1.32. The molecule has 1 atom stereocenters. The Labute approximate surface area is 237 Å². The first-order valence-corrected chi connectivity index (χ1v) is 12.9. The molecule has 0 saturated carbocycles. The Balaban J connectivity index is 1.56. The van der Waals surface area contributed by atoms with E-state index in [0.29, 0.717) is 12.1 Å². The van der Waals surface area contributed by atoms with Crippen molar-refractivity contribution < 1.29 is 40.4 Å². The van der Waals surface area contributed by atoms with Crippen LogP contribution in [0.3, 0.4) is 0 Å². The number of hydrogen-bond donors (Lipinski definition) is 0. The summed E-state index contributed by atoms with van der Waals surface area (Å²) in [6.45, 7) is 8.30. The third-order valence-corrected chi connectivity index (χ3v) is 7.73. The second-order valence-electron chi connectivity index (χ2n) is 11.0. The first kappa shape index (κ1) is 29.7. The summed E-state index contributed by atoms with van der Waals surface area (Å²) in [4.78, 5) is 16.4. The van der Waals surface area contributed by atoms with E-state index in [0.717, 1.165) is 12.4 Å².